The molecule has 1 heterocycles. The number of para-hydroxylation sites is 2. The van der Waals surface area contributed by atoms with E-state index in [0.717, 1.165) is 32.2 Å². The largest absolute Gasteiger partial charge is 0.438 e. The van der Waals surface area contributed by atoms with Gasteiger partial charge in [-0.3, -0.25) is 0 Å². The fourth-order valence-electron chi connectivity index (χ4n) is 2.20. The van der Waals surface area contributed by atoms with Gasteiger partial charge in [0.1, 0.15) is 5.75 Å². The molecule has 0 amide bonds. The lowest BCUT2D eigenvalue weighted by atomic mass is 10.1. The van der Waals surface area contributed by atoms with Crippen molar-refractivity contribution in [2.75, 3.05) is 6.54 Å². The molecule has 0 aliphatic heterocycles. The molecule has 0 unspecified atom stereocenters. The van der Waals surface area contributed by atoms with Gasteiger partial charge in [-0.2, -0.15) is 0 Å². The van der Waals surface area contributed by atoms with E-state index < -0.39 is 0 Å². The maximum atomic E-state index is 6.03. The van der Waals surface area contributed by atoms with Gasteiger partial charge in [0.2, 0.25) is 5.88 Å². The van der Waals surface area contributed by atoms with Crippen LogP contribution in [0, 0.1) is 3.57 Å². The van der Waals surface area contributed by atoms with Crippen LogP contribution >= 0.6 is 22.6 Å². The first kappa shape index (κ1) is 14.3. The highest BCUT2D eigenvalue weighted by Gasteiger charge is 2.10. The van der Waals surface area contributed by atoms with E-state index in [1.165, 1.54) is 0 Å². The summed E-state index contributed by atoms with van der Waals surface area (Å²) in [4.78, 5) is 4.65. The van der Waals surface area contributed by atoms with Crippen LogP contribution in [0.4, 0.5) is 0 Å². The Bertz CT molecular complexity index is 774. The third kappa shape index (κ3) is 3.16. The number of aromatic nitrogens is 1. The van der Waals surface area contributed by atoms with Crippen LogP contribution in [0.1, 0.15) is 5.56 Å². The highest BCUT2D eigenvalue weighted by molar-refractivity contribution is 14.1. The Labute approximate surface area is 137 Å². The van der Waals surface area contributed by atoms with Crippen molar-refractivity contribution in [2.45, 2.75) is 6.42 Å². The topological polar surface area (TPSA) is 48.1 Å². The zero-order valence-corrected chi connectivity index (χ0v) is 13.6. The molecule has 4 heteroatoms. The third-order valence-electron chi connectivity index (χ3n) is 3.22. The number of benzene rings is 2. The van der Waals surface area contributed by atoms with E-state index in [2.05, 4.69) is 39.7 Å². The van der Waals surface area contributed by atoms with Crippen molar-refractivity contribution in [2.24, 2.45) is 5.73 Å². The first-order chi connectivity index (χ1) is 10.3. The summed E-state index contributed by atoms with van der Waals surface area (Å²) in [5.41, 5.74) is 7.68. The standard InChI is InChI=1S/C17H15IN2O/c18-14-6-2-4-8-16(14)21-17-13(9-10-19)11-12-5-1-3-7-15(12)20-17/h1-8,11H,9-10,19H2. The van der Waals surface area contributed by atoms with Gasteiger partial charge in [-0.1, -0.05) is 30.3 Å². The summed E-state index contributed by atoms with van der Waals surface area (Å²) in [6, 6.07) is 18.1. The Morgan fingerprint density at radius 3 is 2.62 bits per heavy atom. The van der Waals surface area contributed by atoms with Crippen LogP contribution in [0.25, 0.3) is 10.9 Å². The summed E-state index contributed by atoms with van der Waals surface area (Å²) in [6.07, 6.45) is 0.747. The van der Waals surface area contributed by atoms with Crippen molar-refractivity contribution in [3.63, 3.8) is 0 Å². The van der Waals surface area contributed by atoms with Crippen molar-refractivity contribution in [1.29, 1.82) is 0 Å². The highest BCUT2D eigenvalue weighted by atomic mass is 127. The lowest BCUT2D eigenvalue weighted by Crippen LogP contribution is -2.05. The molecule has 0 fully saturated rings. The molecular weight excluding hydrogens is 375 g/mol. The second-order valence-corrected chi connectivity index (χ2v) is 5.88. The zero-order chi connectivity index (χ0) is 14.7. The molecule has 0 radical (unpaired) electrons. The summed E-state index contributed by atoms with van der Waals surface area (Å²) >= 11 is 2.26. The predicted octanol–water partition coefficient (Wildman–Crippen LogP) is 4.13. The Hall–Kier alpha value is -1.66. The van der Waals surface area contributed by atoms with E-state index in [4.69, 9.17) is 10.5 Å². The third-order valence-corrected chi connectivity index (χ3v) is 4.11. The summed E-state index contributed by atoms with van der Waals surface area (Å²) in [5, 5.41) is 1.11. The number of ether oxygens (including phenoxy) is 1. The summed E-state index contributed by atoms with van der Waals surface area (Å²) in [7, 11) is 0. The van der Waals surface area contributed by atoms with Gasteiger partial charge in [0.05, 0.1) is 9.09 Å². The molecule has 21 heavy (non-hydrogen) atoms. The SMILES string of the molecule is NCCc1cc2ccccc2nc1Oc1ccccc1I. The minimum absolute atomic E-state index is 0.572. The fraction of sp³-hybridized carbons (Fsp3) is 0.118. The number of rotatable bonds is 4. The van der Waals surface area contributed by atoms with Gasteiger partial charge >= 0.3 is 0 Å². The minimum Gasteiger partial charge on any atom is -0.438 e. The average Bonchev–Trinajstić information content (AvgIpc) is 2.50. The molecule has 3 rings (SSSR count). The lowest BCUT2D eigenvalue weighted by Gasteiger charge is -2.12. The van der Waals surface area contributed by atoms with E-state index in [1.807, 2.05) is 42.5 Å². The molecule has 2 N–H and O–H groups in total. The summed E-state index contributed by atoms with van der Waals surface area (Å²) < 4.78 is 7.09. The normalized spacial score (nSPS) is 10.8. The number of nitrogens with two attached hydrogens (primary N) is 1. The lowest BCUT2D eigenvalue weighted by molar-refractivity contribution is 0.455. The number of nitrogens with zero attached hydrogens (tertiary/aromatic N) is 1. The van der Waals surface area contributed by atoms with Crippen molar-refractivity contribution >= 4 is 33.5 Å². The van der Waals surface area contributed by atoms with Crippen LogP contribution in [0.5, 0.6) is 11.6 Å². The van der Waals surface area contributed by atoms with Gasteiger partial charge in [0.25, 0.3) is 0 Å². The van der Waals surface area contributed by atoms with Crippen LogP contribution in [0.15, 0.2) is 54.6 Å². The Morgan fingerprint density at radius 2 is 1.81 bits per heavy atom. The summed E-state index contributed by atoms with van der Waals surface area (Å²) in [5.74, 6) is 1.46. The summed E-state index contributed by atoms with van der Waals surface area (Å²) in [6.45, 7) is 0.572. The Kier molecular flexibility index (Phi) is 4.36. The molecule has 0 bridgehead atoms. The van der Waals surface area contributed by atoms with Gasteiger partial charge in [-0.25, -0.2) is 4.98 Å². The number of pyridine rings is 1. The van der Waals surface area contributed by atoms with E-state index in [0.29, 0.717) is 12.4 Å². The number of halogens is 1. The predicted molar refractivity (Wildman–Crippen MR) is 93.7 cm³/mol. The van der Waals surface area contributed by atoms with E-state index in [-0.39, 0.29) is 0 Å². The second-order valence-electron chi connectivity index (χ2n) is 4.72. The van der Waals surface area contributed by atoms with Gasteiger partial charge in [0, 0.05) is 10.9 Å². The van der Waals surface area contributed by atoms with Crippen molar-refractivity contribution in [1.82, 2.24) is 4.98 Å². The molecule has 0 spiro atoms. The van der Waals surface area contributed by atoms with Crippen molar-refractivity contribution < 1.29 is 4.74 Å². The first-order valence-corrected chi connectivity index (χ1v) is 7.87. The Morgan fingerprint density at radius 1 is 1.05 bits per heavy atom. The van der Waals surface area contributed by atoms with Crippen LogP contribution < -0.4 is 10.5 Å². The number of hydrogen-bond acceptors (Lipinski definition) is 3. The van der Waals surface area contributed by atoms with Crippen LogP contribution in [-0.4, -0.2) is 11.5 Å². The molecule has 0 aliphatic carbocycles. The smallest absolute Gasteiger partial charge is 0.223 e. The van der Waals surface area contributed by atoms with Crippen LogP contribution in [0.3, 0.4) is 0 Å². The van der Waals surface area contributed by atoms with Gasteiger partial charge in [0.15, 0.2) is 0 Å². The molecule has 1 aromatic heterocycles. The van der Waals surface area contributed by atoms with Gasteiger partial charge < -0.3 is 10.5 Å². The molecule has 3 nitrogen and oxygen atoms in total. The molecule has 0 aliphatic rings. The van der Waals surface area contributed by atoms with Crippen molar-refractivity contribution in [3.8, 4) is 11.6 Å². The number of hydrogen-bond donors (Lipinski definition) is 1. The van der Waals surface area contributed by atoms with E-state index in [9.17, 15) is 0 Å². The highest BCUT2D eigenvalue weighted by Crippen LogP contribution is 2.29. The van der Waals surface area contributed by atoms with Gasteiger partial charge in [-0.15, -0.1) is 0 Å². The number of fused-ring (bicyclic) bond motifs is 1. The second kappa shape index (κ2) is 6.41. The molecule has 2 aromatic carbocycles. The van der Waals surface area contributed by atoms with Crippen LogP contribution in [-0.2, 0) is 6.42 Å². The monoisotopic (exact) mass is 390 g/mol. The average molecular weight is 390 g/mol. The first-order valence-electron chi connectivity index (χ1n) is 6.79. The molecule has 0 atom stereocenters. The quantitative estimate of drug-likeness (QED) is 0.682. The molecule has 106 valence electrons. The maximum absolute atomic E-state index is 6.03. The Balaban J connectivity index is 2.07. The van der Waals surface area contributed by atoms with E-state index >= 15 is 0 Å². The van der Waals surface area contributed by atoms with Gasteiger partial charge in [-0.05, 0) is 59.8 Å². The van der Waals surface area contributed by atoms with Crippen LogP contribution in [0.2, 0.25) is 0 Å². The maximum Gasteiger partial charge on any atom is 0.223 e. The minimum atomic E-state index is 0.572. The zero-order valence-electron chi connectivity index (χ0n) is 11.4. The molecule has 0 saturated carbocycles. The molecule has 3 aromatic rings. The van der Waals surface area contributed by atoms with Crippen molar-refractivity contribution in [3.05, 3.63) is 63.7 Å². The molecule has 0 saturated heterocycles. The fourth-order valence-corrected chi connectivity index (χ4v) is 2.69. The molecular formula is C17H15IN2O. The van der Waals surface area contributed by atoms with E-state index in [1.54, 1.807) is 0 Å².